The summed E-state index contributed by atoms with van der Waals surface area (Å²) in [6, 6.07) is 13.9. The number of rotatable bonds is 5. The van der Waals surface area contributed by atoms with Crippen molar-refractivity contribution in [2.75, 3.05) is 18.2 Å². The molecule has 3 rings (SSSR count). The van der Waals surface area contributed by atoms with Gasteiger partial charge in [-0.25, -0.2) is 4.79 Å². The van der Waals surface area contributed by atoms with Gasteiger partial charge in [-0.05, 0) is 18.2 Å². The van der Waals surface area contributed by atoms with Crippen molar-refractivity contribution >= 4 is 28.9 Å². The molecular formula is C20H15N5O5. The Bertz CT molecular complexity index is 1190. The van der Waals surface area contributed by atoms with Gasteiger partial charge in [0.05, 0.1) is 34.5 Å². The minimum absolute atomic E-state index is 0.0110. The van der Waals surface area contributed by atoms with Crippen LogP contribution in [0.5, 0.6) is 0 Å². The molecule has 10 nitrogen and oxygen atoms in total. The van der Waals surface area contributed by atoms with Crippen molar-refractivity contribution in [1.29, 1.82) is 5.26 Å². The van der Waals surface area contributed by atoms with Crippen LogP contribution in [0.2, 0.25) is 0 Å². The number of nitro groups is 1. The number of nitrogens with zero attached hydrogens (tertiary/aromatic N) is 3. The predicted octanol–water partition coefficient (Wildman–Crippen LogP) is 2.88. The number of nitrogens with two attached hydrogens (primary N) is 1. The normalized spacial score (nSPS) is 10.1. The van der Waals surface area contributed by atoms with Crippen LogP contribution in [0.25, 0.3) is 5.69 Å². The van der Waals surface area contributed by atoms with Crippen molar-refractivity contribution in [1.82, 2.24) is 4.57 Å². The Morgan fingerprint density at radius 1 is 1.23 bits per heavy atom. The maximum atomic E-state index is 12.9. The summed E-state index contributed by atoms with van der Waals surface area (Å²) in [5.41, 5.74) is 5.76. The Balaban J connectivity index is 2.21. The van der Waals surface area contributed by atoms with Crippen molar-refractivity contribution in [2.45, 2.75) is 0 Å². The summed E-state index contributed by atoms with van der Waals surface area (Å²) in [5, 5.41) is 23.2. The molecule has 0 fully saturated rings. The lowest BCUT2D eigenvalue weighted by Gasteiger charge is -2.13. The van der Waals surface area contributed by atoms with Crippen molar-refractivity contribution in [3.63, 3.8) is 0 Å². The van der Waals surface area contributed by atoms with Gasteiger partial charge in [0.1, 0.15) is 6.07 Å². The van der Waals surface area contributed by atoms with Crippen LogP contribution in [0.3, 0.4) is 0 Å². The first-order valence-corrected chi connectivity index (χ1v) is 8.51. The number of hydrogen-bond acceptors (Lipinski definition) is 7. The summed E-state index contributed by atoms with van der Waals surface area (Å²) in [5.74, 6) is -1.48. The molecule has 0 aliphatic rings. The van der Waals surface area contributed by atoms with E-state index in [-0.39, 0.29) is 33.9 Å². The maximum absolute atomic E-state index is 12.9. The molecule has 150 valence electrons. The van der Waals surface area contributed by atoms with Gasteiger partial charge < -0.3 is 20.4 Å². The minimum Gasteiger partial charge on any atom is -0.464 e. The van der Waals surface area contributed by atoms with E-state index >= 15 is 0 Å². The molecule has 1 amide bonds. The number of benzene rings is 2. The first kappa shape index (κ1) is 20.1. The van der Waals surface area contributed by atoms with Gasteiger partial charge in [0.25, 0.3) is 11.6 Å². The number of para-hydroxylation sites is 1. The molecule has 10 heteroatoms. The van der Waals surface area contributed by atoms with Gasteiger partial charge in [-0.2, -0.15) is 5.26 Å². The molecule has 3 N–H and O–H groups in total. The number of hydrogen-bond donors (Lipinski definition) is 2. The third-order valence-corrected chi connectivity index (χ3v) is 4.27. The highest BCUT2D eigenvalue weighted by Gasteiger charge is 2.26. The standard InChI is InChI=1S/C20H15N5O5/c1-30-20(27)18-17(22)12(10-21)11-24(18)16-8-7-14(25(28)29)9-15(16)19(26)23-13-5-3-2-4-6-13/h2-9,11H,22H2,1H3,(H,23,26). The van der Waals surface area contributed by atoms with Crippen LogP contribution in [0, 0.1) is 21.4 Å². The third-order valence-electron chi connectivity index (χ3n) is 4.27. The van der Waals surface area contributed by atoms with E-state index in [9.17, 15) is 25.0 Å². The first-order chi connectivity index (χ1) is 14.4. The van der Waals surface area contributed by atoms with E-state index in [1.165, 1.54) is 22.9 Å². The van der Waals surface area contributed by atoms with E-state index in [2.05, 4.69) is 5.32 Å². The average Bonchev–Trinajstić information content (AvgIpc) is 3.09. The summed E-state index contributed by atoms with van der Waals surface area (Å²) in [6.45, 7) is 0. The molecule has 0 radical (unpaired) electrons. The zero-order valence-corrected chi connectivity index (χ0v) is 15.7. The highest BCUT2D eigenvalue weighted by atomic mass is 16.6. The topological polar surface area (TPSA) is 153 Å². The molecular weight excluding hydrogens is 390 g/mol. The van der Waals surface area contributed by atoms with Gasteiger partial charge >= 0.3 is 5.97 Å². The number of aromatic nitrogens is 1. The number of carbonyl (C=O) groups is 2. The van der Waals surface area contributed by atoms with Gasteiger partial charge in [0.2, 0.25) is 0 Å². The summed E-state index contributed by atoms with van der Waals surface area (Å²) >= 11 is 0. The lowest BCUT2D eigenvalue weighted by atomic mass is 10.1. The van der Waals surface area contributed by atoms with Crippen LogP contribution < -0.4 is 11.1 Å². The Kier molecular flexibility index (Phi) is 5.46. The number of nitrogens with one attached hydrogen (secondary N) is 1. The maximum Gasteiger partial charge on any atom is 0.357 e. The molecule has 0 bridgehead atoms. The lowest BCUT2D eigenvalue weighted by molar-refractivity contribution is -0.384. The number of non-ortho nitro benzene ring substituents is 1. The summed E-state index contributed by atoms with van der Waals surface area (Å²) < 4.78 is 5.95. The fourth-order valence-corrected chi connectivity index (χ4v) is 2.85. The van der Waals surface area contributed by atoms with E-state index < -0.39 is 16.8 Å². The number of carbonyl (C=O) groups excluding carboxylic acids is 2. The molecule has 0 aliphatic carbocycles. The molecule has 0 atom stereocenters. The second kappa shape index (κ2) is 8.15. The summed E-state index contributed by atoms with van der Waals surface area (Å²) in [6.07, 6.45) is 1.27. The van der Waals surface area contributed by atoms with Crippen LogP contribution in [-0.2, 0) is 4.74 Å². The molecule has 3 aromatic rings. The van der Waals surface area contributed by atoms with Gasteiger partial charge in [-0.15, -0.1) is 0 Å². The Morgan fingerprint density at radius 3 is 2.53 bits per heavy atom. The zero-order valence-electron chi connectivity index (χ0n) is 15.7. The van der Waals surface area contributed by atoms with Crippen molar-refractivity contribution in [2.24, 2.45) is 0 Å². The number of amides is 1. The number of nitrogen functional groups attached to an aromatic ring is 1. The lowest BCUT2D eigenvalue weighted by Crippen LogP contribution is -2.18. The van der Waals surface area contributed by atoms with E-state index in [0.29, 0.717) is 5.69 Å². The van der Waals surface area contributed by atoms with Crippen molar-refractivity contribution < 1.29 is 19.2 Å². The molecule has 0 aliphatic heterocycles. The number of methoxy groups -OCH3 is 1. The van der Waals surface area contributed by atoms with Gasteiger partial charge in [-0.3, -0.25) is 14.9 Å². The summed E-state index contributed by atoms with van der Waals surface area (Å²) in [7, 11) is 1.14. The molecule has 30 heavy (non-hydrogen) atoms. The highest BCUT2D eigenvalue weighted by Crippen LogP contribution is 2.29. The smallest absolute Gasteiger partial charge is 0.357 e. The largest absolute Gasteiger partial charge is 0.464 e. The average molecular weight is 405 g/mol. The number of anilines is 2. The van der Waals surface area contributed by atoms with Crippen LogP contribution in [0.1, 0.15) is 26.4 Å². The molecule has 1 heterocycles. The van der Waals surface area contributed by atoms with Crippen LogP contribution >= 0.6 is 0 Å². The zero-order chi connectivity index (χ0) is 21.8. The first-order valence-electron chi connectivity index (χ1n) is 8.51. The van der Waals surface area contributed by atoms with E-state index in [1.54, 1.807) is 30.3 Å². The number of esters is 1. The van der Waals surface area contributed by atoms with Gasteiger partial charge in [-0.1, -0.05) is 18.2 Å². The monoisotopic (exact) mass is 405 g/mol. The van der Waals surface area contributed by atoms with E-state index in [1.807, 2.05) is 6.07 Å². The summed E-state index contributed by atoms with van der Waals surface area (Å²) in [4.78, 5) is 35.8. The second-order valence-electron chi connectivity index (χ2n) is 6.06. The SMILES string of the molecule is COC(=O)c1c(N)c(C#N)cn1-c1ccc([N+](=O)[O-])cc1C(=O)Nc1ccccc1. The minimum atomic E-state index is -0.832. The molecule has 1 aromatic heterocycles. The Hall–Kier alpha value is -4.65. The molecule has 0 unspecified atom stereocenters. The third kappa shape index (κ3) is 3.67. The molecule has 0 saturated heterocycles. The van der Waals surface area contributed by atoms with Crippen LogP contribution in [-0.4, -0.2) is 28.5 Å². The predicted molar refractivity (Wildman–Crippen MR) is 107 cm³/mol. The van der Waals surface area contributed by atoms with Gasteiger partial charge in [0, 0.05) is 24.0 Å². The van der Waals surface area contributed by atoms with E-state index in [4.69, 9.17) is 10.5 Å². The van der Waals surface area contributed by atoms with Crippen molar-refractivity contribution in [3.05, 3.63) is 81.7 Å². The Morgan fingerprint density at radius 2 is 1.93 bits per heavy atom. The fraction of sp³-hybridized carbons (Fsp3) is 0.0500. The molecule has 2 aromatic carbocycles. The van der Waals surface area contributed by atoms with E-state index in [0.717, 1.165) is 13.2 Å². The van der Waals surface area contributed by atoms with Crippen LogP contribution in [0.4, 0.5) is 17.1 Å². The highest BCUT2D eigenvalue weighted by molar-refractivity contribution is 6.08. The van der Waals surface area contributed by atoms with Crippen molar-refractivity contribution in [3.8, 4) is 11.8 Å². The number of nitriles is 1. The quantitative estimate of drug-likeness (QED) is 0.376. The second-order valence-corrected chi connectivity index (χ2v) is 6.06. The Labute approximate surface area is 170 Å². The molecule has 0 spiro atoms. The molecule has 0 saturated carbocycles. The van der Waals surface area contributed by atoms with Gasteiger partial charge in [0.15, 0.2) is 5.69 Å². The fourth-order valence-electron chi connectivity index (χ4n) is 2.85. The van der Waals surface area contributed by atoms with Crippen LogP contribution in [0.15, 0.2) is 54.7 Å². The number of nitro benzene ring substituents is 1. The number of ether oxygens (including phenoxy) is 1.